The van der Waals surface area contributed by atoms with E-state index in [4.69, 9.17) is 0 Å². The second-order valence-electron chi connectivity index (χ2n) is 3.38. The highest BCUT2D eigenvalue weighted by Crippen LogP contribution is 2.29. The summed E-state index contributed by atoms with van der Waals surface area (Å²) in [5.41, 5.74) is 0. The van der Waals surface area contributed by atoms with E-state index in [0.29, 0.717) is 0 Å². The van der Waals surface area contributed by atoms with E-state index in [0.717, 1.165) is 6.07 Å². The predicted octanol–water partition coefficient (Wildman–Crippen LogP) is 2.87. The van der Waals surface area contributed by atoms with Gasteiger partial charge in [-0.1, -0.05) is 0 Å². The van der Waals surface area contributed by atoms with Gasteiger partial charge in [-0.15, -0.1) is 0 Å². The number of nitrogens with zero attached hydrogens (tertiary/aromatic N) is 2. The first-order valence-corrected chi connectivity index (χ1v) is 4.95. The van der Waals surface area contributed by atoms with Crippen molar-refractivity contribution in [2.24, 2.45) is 0 Å². The Balaban J connectivity index is 2.83. The molecule has 1 N–H and O–H groups in total. The first-order valence-electron chi connectivity index (χ1n) is 4.95. The average Bonchev–Trinajstić information content (AvgIpc) is 2.25. The molecule has 108 valence electrons. The van der Waals surface area contributed by atoms with Crippen molar-refractivity contribution < 1.29 is 31.1 Å². The lowest BCUT2D eigenvalue weighted by molar-refractivity contribution is -0.146. The number of ether oxygens (including phenoxy) is 1. The number of hydrogen-bond donors (Lipinski definition) is 1. The Morgan fingerprint density at radius 2 is 1.79 bits per heavy atom. The van der Waals surface area contributed by atoms with Crippen LogP contribution in [0.15, 0.2) is 6.07 Å². The SMILES string of the molecule is CNc1cc(OCCC(F)(F)F)nc(C(F)(F)F)n1. The van der Waals surface area contributed by atoms with Gasteiger partial charge in [0, 0.05) is 13.1 Å². The Bertz CT molecular complexity index is 431. The van der Waals surface area contributed by atoms with Crippen LogP contribution in [0.25, 0.3) is 0 Å². The van der Waals surface area contributed by atoms with Crippen molar-refractivity contribution in [3.8, 4) is 5.88 Å². The van der Waals surface area contributed by atoms with Crippen molar-refractivity contribution in [1.82, 2.24) is 9.97 Å². The van der Waals surface area contributed by atoms with Crippen LogP contribution in [-0.2, 0) is 6.18 Å². The summed E-state index contributed by atoms with van der Waals surface area (Å²) in [7, 11) is 1.31. The normalized spacial score (nSPS) is 12.4. The molecule has 0 bridgehead atoms. The molecular formula is C9H9F6N3O. The minimum atomic E-state index is -4.81. The number of rotatable bonds is 4. The van der Waals surface area contributed by atoms with Crippen LogP contribution in [0, 0.1) is 0 Å². The van der Waals surface area contributed by atoms with Crippen LogP contribution in [0.4, 0.5) is 32.2 Å². The van der Waals surface area contributed by atoms with Gasteiger partial charge in [0.25, 0.3) is 0 Å². The number of aromatic nitrogens is 2. The molecule has 0 aromatic carbocycles. The summed E-state index contributed by atoms with van der Waals surface area (Å²) in [6.07, 6.45) is -10.5. The fraction of sp³-hybridized carbons (Fsp3) is 0.556. The van der Waals surface area contributed by atoms with Crippen LogP contribution >= 0.6 is 0 Å². The summed E-state index contributed by atoms with van der Waals surface area (Å²) in [5.74, 6) is -2.26. The molecular weight excluding hydrogens is 280 g/mol. The predicted molar refractivity (Wildman–Crippen MR) is 52.7 cm³/mol. The number of halogens is 6. The molecule has 0 aliphatic heterocycles. The standard InChI is InChI=1S/C9H9F6N3O/c1-16-5-4-6(19-3-2-8(10,11)12)18-7(17-5)9(13,14)15/h4H,2-3H2,1H3,(H,16,17,18). The van der Waals surface area contributed by atoms with Crippen molar-refractivity contribution in [3.05, 3.63) is 11.9 Å². The van der Waals surface area contributed by atoms with E-state index in [2.05, 4.69) is 20.0 Å². The number of anilines is 1. The number of alkyl halides is 6. The van der Waals surface area contributed by atoms with Gasteiger partial charge in [-0.2, -0.15) is 31.3 Å². The average molecular weight is 289 g/mol. The Morgan fingerprint density at radius 1 is 1.16 bits per heavy atom. The molecule has 19 heavy (non-hydrogen) atoms. The van der Waals surface area contributed by atoms with Crippen LogP contribution < -0.4 is 10.1 Å². The molecule has 1 rings (SSSR count). The zero-order valence-electron chi connectivity index (χ0n) is 9.56. The number of nitrogens with one attached hydrogen (secondary N) is 1. The molecule has 0 unspecified atom stereocenters. The van der Waals surface area contributed by atoms with Crippen LogP contribution in [0.1, 0.15) is 12.2 Å². The van der Waals surface area contributed by atoms with E-state index in [1.165, 1.54) is 7.05 Å². The Kier molecular flexibility index (Phi) is 4.43. The molecule has 4 nitrogen and oxygen atoms in total. The lowest BCUT2D eigenvalue weighted by Gasteiger charge is -2.11. The van der Waals surface area contributed by atoms with Crippen molar-refractivity contribution in [2.75, 3.05) is 19.0 Å². The highest BCUT2D eigenvalue weighted by Gasteiger charge is 2.35. The third kappa shape index (κ3) is 5.18. The Morgan fingerprint density at radius 3 is 2.26 bits per heavy atom. The van der Waals surface area contributed by atoms with Gasteiger partial charge < -0.3 is 10.1 Å². The fourth-order valence-corrected chi connectivity index (χ4v) is 1.03. The van der Waals surface area contributed by atoms with Gasteiger partial charge in [-0.05, 0) is 0 Å². The van der Waals surface area contributed by atoms with Crippen molar-refractivity contribution in [2.45, 2.75) is 18.8 Å². The minimum Gasteiger partial charge on any atom is -0.477 e. The summed E-state index contributed by atoms with van der Waals surface area (Å²) < 4.78 is 77.4. The lowest BCUT2D eigenvalue weighted by Crippen LogP contribution is -2.16. The van der Waals surface area contributed by atoms with Gasteiger partial charge in [-0.3, -0.25) is 0 Å². The van der Waals surface area contributed by atoms with Crippen molar-refractivity contribution >= 4 is 5.82 Å². The third-order valence-corrected chi connectivity index (χ3v) is 1.85. The van der Waals surface area contributed by atoms with E-state index in [-0.39, 0.29) is 5.82 Å². The van der Waals surface area contributed by atoms with Crippen LogP contribution in [0.3, 0.4) is 0 Å². The van der Waals surface area contributed by atoms with Gasteiger partial charge in [0.05, 0.1) is 13.0 Å². The number of hydrogen-bond acceptors (Lipinski definition) is 4. The summed E-state index contributed by atoms with van der Waals surface area (Å²) >= 11 is 0. The van der Waals surface area contributed by atoms with Crippen molar-refractivity contribution in [1.29, 1.82) is 0 Å². The fourth-order valence-electron chi connectivity index (χ4n) is 1.03. The molecule has 0 spiro atoms. The zero-order valence-corrected chi connectivity index (χ0v) is 9.56. The van der Waals surface area contributed by atoms with E-state index >= 15 is 0 Å². The minimum absolute atomic E-state index is 0.204. The molecule has 0 saturated heterocycles. The molecule has 10 heteroatoms. The Labute approximate surface area is 103 Å². The third-order valence-electron chi connectivity index (χ3n) is 1.85. The molecule has 0 radical (unpaired) electrons. The lowest BCUT2D eigenvalue weighted by atomic mass is 10.4. The van der Waals surface area contributed by atoms with Crippen LogP contribution in [-0.4, -0.2) is 29.8 Å². The van der Waals surface area contributed by atoms with E-state index in [1.54, 1.807) is 0 Å². The maximum atomic E-state index is 12.4. The second-order valence-corrected chi connectivity index (χ2v) is 3.38. The molecule has 1 aromatic rings. The van der Waals surface area contributed by atoms with Gasteiger partial charge in [0.15, 0.2) is 0 Å². The summed E-state index contributed by atoms with van der Waals surface area (Å²) in [6.45, 7) is -0.818. The molecule has 1 heterocycles. The maximum Gasteiger partial charge on any atom is 0.451 e. The van der Waals surface area contributed by atoms with Gasteiger partial charge in [0.1, 0.15) is 5.82 Å². The summed E-state index contributed by atoms with van der Waals surface area (Å²) in [5, 5.41) is 2.33. The molecule has 0 fully saturated rings. The smallest absolute Gasteiger partial charge is 0.451 e. The highest BCUT2D eigenvalue weighted by molar-refractivity contribution is 5.38. The molecule has 0 amide bonds. The molecule has 1 aromatic heterocycles. The quantitative estimate of drug-likeness (QED) is 0.866. The van der Waals surface area contributed by atoms with Gasteiger partial charge >= 0.3 is 12.4 Å². The largest absolute Gasteiger partial charge is 0.477 e. The second kappa shape index (κ2) is 5.49. The van der Waals surface area contributed by atoms with Crippen molar-refractivity contribution in [3.63, 3.8) is 0 Å². The van der Waals surface area contributed by atoms with E-state index in [1.807, 2.05) is 0 Å². The molecule has 0 atom stereocenters. The molecule has 0 saturated carbocycles. The summed E-state index contributed by atoms with van der Waals surface area (Å²) in [4.78, 5) is 6.14. The molecule has 0 aliphatic rings. The highest BCUT2D eigenvalue weighted by atomic mass is 19.4. The Hall–Kier alpha value is -1.74. The van der Waals surface area contributed by atoms with Crippen LogP contribution in [0.2, 0.25) is 0 Å². The first kappa shape index (κ1) is 15.3. The zero-order chi connectivity index (χ0) is 14.7. The first-order chi connectivity index (χ1) is 8.62. The van der Waals surface area contributed by atoms with E-state index in [9.17, 15) is 26.3 Å². The van der Waals surface area contributed by atoms with Gasteiger partial charge in [-0.25, -0.2) is 4.98 Å². The monoisotopic (exact) mass is 289 g/mol. The topological polar surface area (TPSA) is 47.0 Å². The van der Waals surface area contributed by atoms with Gasteiger partial charge in [0.2, 0.25) is 11.7 Å². The van der Waals surface area contributed by atoms with Crippen LogP contribution in [0.5, 0.6) is 5.88 Å². The maximum absolute atomic E-state index is 12.4. The summed E-state index contributed by atoms with van der Waals surface area (Å²) in [6, 6.07) is 0.978. The molecule has 0 aliphatic carbocycles. The van der Waals surface area contributed by atoms with E-state index < -0.39 is 37.1 Å².